The van der Waals surface area contributed by atoms with Crippen molar-refractivity contribution in [3.63, 3.8) is 0 Å². The van der Waals surface area contributed by atoms with E-state index in [2.05, 4.69) is 19.0 Å². The summed E-state index contributed by atoms with van der Waals surface area (Å²) in [5.41, 5.74) is 8.16. The molecule has 1 aromatic carbocycles. The van der Waals surface area contributed by atoms with Crippen molar-refractivity contribution in [2.75, 3.05) is 11.1 Å². The highest BCUT2D eigenvalue weighted by Crippen LogP contribution is 2.36. The fourth-order valence-corrected chi connectivity index (χ4v) is 2.80. The maximum atomic E-state index is 6.19. The van der Waals surface area contributed by atoms with Crippen LogP contribution in [0.2, 0.25) is 10.0 Å². The fourth-order valence-electron chi connectivity index (χ4n) is 1.64. The third kappa shape index (κ3) is 2.30. The maximum Gasteiger partial charge on any atom is 0.132 e. The van der Waals surface area contributed by atoms with Gasteiger partial charge in [0.2, 0.25) is 0 Å². The van der Waals surface area contributed by atoms with E-state index in [9.17, 15) is 0 Å². The molecule has 0 bridgehead atoms. The molecule has 0 radical (unpaired) electrons. The topological polar surface area (TPSA) is 76.7 Å². The van der Waals surface area contributed by atoms with Gasteiger partial charge in [0.15, 0.2) is 0 Å². The van der Waals surface area contributed by atoms with Crippen LogP contribution in [0.4, 0.5) is 17.2 Å². The fraction of sp³-hybridized carbons (Fsp3) is 0. The molecule has 0 saturated heterocycles. The Hall–Kier alpha value is -1.63. The molecule has 19 heavy (non-hydrogen) atoms. The Morgan fingerprint density at radius 2 is 1.89 bits per heavy atom. The lowest BCUT2D eigenvalue weighted by Crippen LogP contribution is -1.97. The Kier molecular flexibility index (Phi) is 3.14. The number of halogens is 2. The third-order valence-electron chi connectivity index (χ3n) is 2.48. The first-order valence-electron chi connectivity index (χ1n) is 5.24. The van der Waals surface area contributed by atoms with E-state index in [0.29, 0.717) is 38.3 Å². The van der Waals surface area contributed by atoms with Gasteiger partial charge in [-0.2, -0.15) is 8.75 Å². The summed E-state index contributed by atoms with van der Waals surface area (Å²) in [4.78, 5) is 4.16. The molecule has 0 unspecified atom stereocenters. The zero-order valence-electron chi connectivity index (χ0n) is 9.39. The zero-order valence-corrected chi connectivity index (χ0v) is 11.7. The monoisotopic (exact) mass is 311 g/mol. The van der Waals surface area contributed by atoms with E-state index in [4.69, 9.17) is 28.9 Å². The van der Waals surface area contributed by atoms with Crippen LogP contribution in [-0.4, -0.2) is 13.7 Å². The minimum Gasteiger partial charge on any atom is -0.399 e. The van der Waals surface area contributed by atoms with E-state index >= 15 is 0 Å². The van der Waals surface area contributed by atoms with E-state index in [1.165, 1.54) is 0 Å². The summed E-state index contributed by atoms with van der Waals surface area (Å²) in [5, 5.41) is 4.02. The summed E-state index contributed by atoms with van der Waals surface area (Å²) in [5.74, 6) is 0.582. The van der Waals surface area contributed by atoms with E-state index in [1.54, 1.807) is 24.4 Å². The summed E-state index contributed by atoms with van der Waals surface area (Å²) in [6.07, 6.45) is 1.61. The number of nitrogen functional groups attached to an aromatic ring is 1. The molecule has 0 fully saturated rings. The molecule has 8 heteroatoms. The summed E-state index contributed by atoms with van der Waals surface area (Å²) in [6.45, 7) is 0. The molecule has 2 aromatic heterocycles. The molecule has 0 aliphatic rings. The van der Waals surface area contributed by atoms with Crippen molar-refractivity contribution in [1.82, 2.24) is 13.7 Å². The molecular weight excluding hydrogens is 305 g/mol. The Labute approximate surface area is 122 Å². The standard InChI is InChI=1S/C11H7Cl2N5S/c12-6-4-7(13)10-11(18-19-17-10)9(6)16-8-3-5(14)1-2-15-8/h1-4H,(H3,14,15,16). The molecular formula is C11H7Cl2N5S. The normalized spacial score (nSPS) is 10.8. The van der Waals surface area contributed by atoms with Gasteiger partial charge in [0, 0.05) is 18.0 Å². The number of nitrogens with one attached hydrogen (secondary N) is 1. The summed E-state index contributed by atoms with van der Waals surface area (Å²) in [6, 6.07) is 5.03. The van der Waals surface area contributed by atoms with Crippen molar-refractivity contribution >= 4 is 63.2 Å². The highest BCUT2D eigenvalue weighted by molar-refractivity contribution is 7.00. The summed E-state index contributed by atoms with van der Waals surface area (Å²) < 4.78 is 8.33. The molecule has 0 spiro atoms. The zero-order chi connectivity index (χ0) is 13.4. The minimum atomic E-state index is 0.453. The average molecular weight is 312 g/mol. The second kappa shape index (κ2) is 4.80. The van der Waals surface area contributed by atoms with Crippen molar-refractivity contribution in [2.24, 2.45) is 0 Å². The molecule has 0 aliphatic heterocycles. The molecule has 0 saturated carbocycles. The van der Waals surface area contributed by atoms with Gasteiger partial charge >= 0.3 is 0 Å². The molecule has 5 nitrogen and oxygen atoms in total. The Morgan fingerprint density at radius 3 is 2.68 bits per heavy atom. The van der Waals surface area contributed by atoms with Crippen LogP contribution in [-0.2, 0) is 0 Å². The number of aromatic nitrogens is 3. The predicted molar refractivity (Wildman–Crippen MR) is 79.4 cm³/mol. The smallest absolute Gasteiger partial charge is 0.132 e. The van der Waals surface area contributed by atoms with Crippen LogP contribution in [0.1, 0.15) is 0 Å². The molecule has 0 amide bonds. The molecule has 3 rings (SSSR count). The molecule has 0 atom stereocenters. The quantitative estimate of drug-likeness (QED) is 0.754. The van der Waals surface area contributed by atoms with Gasteiger partial charge in [-0.15, -0.1) is 0 Å². The lowest BCUT2D eigenvalue weighted by molar-refractivity contribution is 1.31. The van der Waals surface area contributed by atoms with Gasteiger partial charge in [-0.25, -0.2) is 4.98 Å². The third-order valence-corrected chi connectivity index (χ3v) is 3.60. The highest BCUT2D eigenvalue weighted by atomic mass is 35.5. The number of anilines is 3. The lowest BCUT2D eigenvalue weighted by atomic mass is 10.2. The van der Waals surface area contributed by atoms with Crippen LogP contribution in [0, 0.1) is 0 Å². The van der Waals surface area contributed by atoms with Crippen LogP contribution in [0.25, 0.3) is 11.0 Å². The molecule has 0 aliphatic carbocycles. The number of hydrogen-bond acceptors (Lipinski definition) is 6. The van der Waals surface area contributed by atoms with E-state index in [1.807, 2.05) is 0 Å². The van der Waals surface area contributed by atoms with Gasteiger partial charge < -0.3 is 11.1 Å². The van der Waals surface area contributed by atoms with Crippen molar-refractivity contribution in [3.05, 3.63) is 34.4 Å². The SMILES string of the molecule is Nc1ccnc(Nc2c(Cl)cc(Cl)c3nsnc23)c1. The van der Waals surface area contributed by atoms with Gasteiger partial charge in [0.25, 0.3) is 0 Å². The number of nitrogens with two attached hydrogens (primary N) is 1. The van der Waals surface area contributed by atoms with E-state index < -0.39 is 0 Å². The van der Waals surface area contributed by atoms with Crippen LogP contribution >= 0.6 is 34.9 Å². The Balaban J connectivity index is 2.12. The lowest BCUT2D eigenvalue weighted by Gasteiger charge is -2.09. The van der Waals surface area contributed by atoms with Crippen LogP contribution in [0.3, 0.4) is 0 Å². The van der Waals surface area contributed by atoms with E-state index in [-0.39, 0.29) is 0 Å². The van der Waals surface area contributed by atoms with Crippen LogP contribution in [0.15, 0.2) is 24.4 Å². The number of nitrogens with zero attached hydrogens (tertiary/aromatic N) is 3. The number of fused-ring (bicyclic) bond motifs is 1. The average Bonchev–Trinajstić information content (AvgIpc) is 2.84. The van der Waals surface area contributed by atoms with Crippen molar-refractivity contribution in [1.29, 1.82) is 0 Å². The summed E-state index contributed by atoms with van der Waals surface area (Å²) >= 11 is 13.3. The van der Waals surface area contributed by atoms with Gasteiger partial charge in [-0.05, 0) is 12.1 Å². The first-order valence-corrected chi connectivity index (χ1v) is 6.72. The largest absolute Gasteiger partial charge is 0.399 e. The molecule has 3 N–H and O–H groups in total. The maximum absolute atomic E-state index is 6.19. The summed E-state index contributed by atoms with van der Waals surface area (Å²) in [7, 11) is 0. The predicted octanol–water partition coefficient (Wildman–Crippen LogP) is 3.72. The molecule has 96 valence electrons. The number of rotatable bonds is 2. The van der Waals surface area contributed by atoms with E-state index in [0.717, 1.165) is 11.7 Å². The Bertz CT molecular complexity index is 758. The number of pyridine rings is 1. The number of hydrogen-bond donors (Lipinski definition) is 2. The second-order valence-electron chi connectivity index (χ2n) is 3.78. The first kappa shape index (κ1) is 12.4. The van der Waals surface area contributed by atoms with Crippen molar-refractivity contribution < 1.29 is 0 Å². The van der Waals surface area contributed by atoms with Crippen molar-refractivity contribution in [3.8, 4) is 0 Å². The number of benzene rings is 1. The molecule has 3 aromatic rings. The van der Waals surface area contributed by atoms with Gasteiger partial charge in [0.1, 0.15) is 16.9 Å². The molecule has 2 heterocycles. The van der Waals surface area contributed by atoms with Crippen LogP contribution in [0.5, 0.6) is 0 Å². The van der Waals surface area contributed by atoms with Crippen molar-refractivity contribution in [2.45, 2.75) is 0 Å². The van der Waals surface area contributed by atoms with Gasteiger partial charge in [-0.1, -0.05) is 23.2 Å². The van der Waals surface area contributed by atoms with Gasteiger partial charge in [-0.3, -0.25) is 0 Å². The minimum absolute atomic E-state index is 0.453. The Morgan fingerprint density at radius 1 is 1.11 bits per heavy atom. The van der Waals surface area contributed by atoms with Crippen LogP contribution < -0.4 is 11.1 Å². The van der Waals surface area contributed by atoms with Gasteiger partial charge in [0.05, 0.1) is 27.5 Å². The second-order valence-corrected chi connectivity index (χ2v) is 5.12. The highest BCUT2D eigenvalue weighted by Gasteiger charge is 2.14. The first-order chi connectivity index (χ1) is 9.15.